The summed E-state index contributed by atoms with van der Waals surface area (Å²) in [6, 6.07) is 0. The lowest BCUT2D eigenvalue weighted by molar-refractivity contribution is 0.178. The number of hydrogen-bond acceptors (Lipinski definition) is 2. The van der Waals surface area contributed by atoms with E-state index in [1.165, 1.54) is 4.57 Å². The Morgan fingerprint density at radius 2 is 2.18 bits per heavy atom. The molecule has 4 heteroatoms. The number of aryl methyl sites for hydroxylation is 1. The van der Waals surface area contributed by atoms with E-state index < -0.39 is 0 Å². The van der Waals surface area contributed by atoms with E-state index >= 15 is 0 Å². The van der Waals surface area contributed by atoms with Gasteiger partial charge in [0.15, 0.2) is 0 Å². The van der Waals surface area contributed by atoms with E-state index in [4.69, 9.17) is 4.74 Å². The molecule has 0 spiro atoms. The summed E-state index contributed by atoms with van der Waals surface area (Å²) in [6.45, 7) is 0.479. The molecule has 0 atom stereocenters. The van der Waals surface area contributed by atoms with E-state index in [0.717, 1.165) is 5.69 Å². The highest BCUT2D eigenvalue weighted by Gasteiger charge is 2.02. The fourth-order valence-corrected chi connectivity index (χ4v) is 1.01. The maximum absolute atomic E-state index is 11.1. The van der Waals surface area contributed by atoms with Crippen molar-refractivity contribution < 1.29 is 4.74 Å². The van der Waals surface area contributed by atoms with Crippen molar-refractivity contribution in [2.45, 2.75) is 6.61 Å². The Hall–Kier alpha value is -1.03. The molecule has 1 aromatic heterocycles. The molecule has 0 aliphatic heterocycles. The zero-order valence-corrected chi connectivity index (χ0v) is 7.00. The number of rotatable bonds is 2. The van der Waals surface area contributed by atoms with Crippen molar-refractivity contribution >= 4 is 0 Å². The van der Waals surface area contributed by atoms with E-state index in [1.54, 1.807) is 32.0 Å². The summed E-state index contributed by atoms with van der Waals surface area (Å²) in [6.07, 6.45) is 1.77. The van der Waals surface area contributed by atoms with Crippen molar-refractivity contribution in [3.8, 4) is 0 Å². The second-order valence-corrected chi connectivity index (χ2v) is 2.51. The van der Waals surface area contributed by atoms with Gasteiger partial charge in [0.2, 0.25) is 0 Å². The summed E-state index contributed by atoms with van der Waals surface area (Å²) >= 11 is 0. The minimum absolute atomic E-state index is 0.0166. The molecule has 1 rings (SSSR count). The Bertz CT molecular complexity index is 298. The smallest absolute Gasteiger partial charge is 0.327 e. The van der Waals surface area contributed by atoms with Gasteiger partial charge in [0.25, 0.3) is 0 Å². The largest absolute Gasteiger partial charge is 0.378 e. The van der Waals surface area contributed by atoms with Gasteiger partial charge in [-0.3, -0.25) is 4.57 Å². The summed E-state index contributed by atoms with van der Waals surface area (Å²) in [5.41, 5.74) is 0.872. The summed E-state index contributed by atoms with van der Waals surface area (Å²) in [5, 5.41) is 0. The second-order valence-electron chi connectivity index (χ2n) is 2.51. The average Bonchev–Trinajstić information content (AvgIpc) is 2.19. The molecule has 0 N–H and O–H groups in total. The third-order valence-electron chi connectivity index (χ3n) is 1.65. The highest BCUT2D eigenvalue weighted by atomic mass is 16.5. The van der Waals surface area contributed by atoms with Gasteiger partial charge in [-0.05, 0) is 0 Å². The average molecular weight is 156 g/mol. The van der Waals surface area contributed by atoms with Crippen molar-refractivity contribution in [2.24, 2.45) is 14.1 Å². The predicted octanol–water partition coefficient (Wildman–Crippen LogP) is -0.130. The first-order valence-electron chi connectivity index (χ1n) is 3.37. The van der Waals surface area contributed by atoms with Crippen molar-refractivity contribution in [1.29, 1.82) is 0 Å². The molecule has 1 aromatic rings. The SMILES string of the molecule is COCc1cn(C)c(=O)n1C. The zero-order valence-electron chi connectivity index (χ0n) is 7.00. The molecule has 0 aliphatic rings. The first kappa shape index (κ1) is 8.07. The quantitative estimate of drug-likeness (QED) is 0.598. The predicted molar refractivity (Wildman–Crippen MR) is 41.4 cm³/mol. The van der Waals surface area contributed by atoms with Crippen molar-refractivity contribution in [2.75, 3.05) is 7.11 Å². The van der Waals surface area contributed by atoms with Gasteiger partial charge in [0.1, 0.15) is 0 Å². The summed E-state index contributed by atoms with van der Waals surface area (Å²) in [5.74, 6) is 0. The van der Waals surface area contributed by atoms with Crippen LogP contribution in [-0.2, 0) is 25.4 Å². The van der Waals surface area contributed by atoms with Crippen LogP contribution in [0.1, 0.15) is 5.69 Å². The fraction of sp³-hybridized carbons (Fsp3) is 0.571. The van der Waals surface area contributed by atoms with Gasteiger partial charge in [-0.2, -0.15) is 0 Å². The van der Waals surface area contributed by atoms with Crippen molar-refractivity contribution in [3.63, 3.8) is 0 Å². The molecule has 11 heavy (non-hydrogen) atoms. The topological polar surface area (TPSA) is 36.2 Å². The number of aromatic nitrogens is 2. The number of hydrogen-bond donors (Lipinski definition) is 0. The number of nitrogens with zero attached hydrogens (tertiary/aromatic N) is 2. The minimum Gasteiger partial charge on any atom is -0.378 e. The molecule has 0 fully saturated rings. The van der Waals surface area contributed by atoms with Crippen molar-refractivity contribution in [1.82, 2.24) is 9.13 Å². The van der Waals surface area contributed by atoms with Crippen LogP contribution in [0.4, 0.5) is 0 Å². The molecule has 0 unspecified atom stereocenters. The summed E-state index contributed by atoms with van der Waals surface area (Å²) in [7, 11) is 5.07. The first-order chi connectivity index (χ1) is 5.16. The van der Waals surface area contributed by atoms with Crippen LogP contribution in [0.2, 0.25) is 0 Å². The van der Waals surface area contributed by atoms with Crippen LogP contribution in [0.5, 0.6) is 0 Å². The molecule has 0 saturated carbocycles. The van der Waals surface area contributed by atoms with E-state index in [1.807, 2.05) is 0 Å². The lowest BCUT2D eigenvalue weighted by atomic mass is 10.5. The maximum Gasteiger partial charge on any atom is 0.327 e. The first-order valence-corrected chi connectivity index (χ1v) is 3.37. The van der Waals surface area contributed by atoms with Gasteiger partial charge >= 0.3 is 5.69 Å². The highest BCUT2D eigenvalue weighted by molar-refractivity contribution is 4.97. The molecular formula is C7H12N2O2. The number of ether oxygens (including phenoxy) is 1. The normalized spacial score (nSPS) is 10.5. The summed E-state index contributed by atoms with van der Waals surface area (Å²) < 4.78 is 8.01. The van der Waals surface area contributed by atoms with Gasteiger partial charge < -0.3 is 9.30 Å². The number of methoxy groups -OCH3 is 1. The molecule has 0 radical (unpaired) electrons. The van der Waals surface area contributed by atoms with Crippen LogP contribution in [0.25, 0.3) is 0 Å². The van der Waals surface area contributed by atoms with Crippen LogP contribution < -0.4 is 5.69 Å². The maximum atomic E-state index is 11.1. The van der Waals surface area contributed by atoms with Crippen LogP contribution in [0.3, 0.4) is 0 Å². The van der Waals surface area contributed by atoms with E-state index in [0.29, 0.717) is 6.61 Å². The fourth-order valence-electron chi connectivity index (χ4n) is 1.01. The van der Waals surface area contributed by atoms with Crippen molar-refractivity contribution in [3.05, 3.63) is 22.4 Å². The lowest BCUT2D eigenvalue weighted by Crippen LogP contribution is -2.20. The zero-order chi connectivity index (χ0) is 8.43. The molecule has 0 aliphatic carbocycles. The number of imidazole rings is 1. The highest BCUT2D eigenvalue weighted by Crippen LogP contribution is 1.95. The molecule has 0 aromatic carbocycles. The molecular weight excluding hydrogens is 144 g/mol. The van der Waals surface area contributed by atoms with Crippen LogP contribution in [-0.4, -0.2) is 16.2 Å². The standard InChI is InChI=1S/C7H12N2O2/c1-8-4-6(5-11-3)9(2)7(8)10/h4H,5H2,1-3H3. The Kier molecular flexibility index (Phi) is 2.14. The Labute approximate surface area is 65.0 Å². The van der Waals surface area contributed by atoms with Crippen LogP contribution >= 0.6 is 0 Å². The molecule has 4 nitrogen and oxygen atoms in total. The van der Waals surface area contributed by atoms with Crippen LogP contribution in [0, 0.1) is 0 Å². The molecule has 1 heterocycles. The Balaban J connectivity index is 3.08. The Morgan fingerprint density at radius 1 is 1.55 bits per heavy atom. The monoisotopic (exact) mass is 156 g/mol. The van der Waals surface area contributed by atoms with Crippen LogP contribution in [0.15, 0.2) is 11.0 Å². The third-order valence-corrected chi connectivity index (χ3v) is 1.65. The van der Waals surface area contributed by atoms with E-state index in [-0.39, 0.29) is 5.69 Å². The molecule has 0 bridgehead atoms. The van der Waals surface area contributed by atoms with Gasteiger partial charge in [0, 0.05) is 27.4 Å². The second kappa shape index (κ2) is 2.92. The van der Waals surface area contributed by atoms with Gasteiger partial charge in [-0.1, -0.05) is 0 Å². The van der Waals surface area contributed by atoms with Gasteiger partial charge in [0.05, 0.1) is 12.3 Å². The van der Waals surface area contributed by atoms with E-state index in [2.05, 4.69) is 0 Å². The van der Waals surface area contributed by atoms with Gasteiger partial charge in [-0.25, -0.2) is 4.79 Å². The lowest BCUT2D eigenvalue weighted by Gasteiger charge is -1.96. The molecule has 0 saturated heterocycles. The Morgan fingerprint density at radius 3 is 2.55 bits per heavy atom. The molecule has 62 valence electrons. The van der Waals surface area contributed by atoms with Gasteiger partial charge in [-0.15, -0.1) is 0 Å². The van der Waals surface area contributed by atoms with E-state index in [9.17, 15) is 4.79 Å². The summed E-state index contributed by atoms with van der Waals surface area (Å²) in [4.78, 5) is 11.1. The third kappa shape index (κ3) is 1.35. The molecule has 0 amide bonds. The minimum atomic E-state index is -0.0166.